The number of rotatable bonds is 6. The Kier molecular flexibility index (Phi) is 6.09. The summed E-state index contributed by atoms with van der Waals surface area (Å²) >= 11 is 0. The van der Waals surface area contributed by atoms with Crippen molar-refractivity contribution in [3.8, 4) is 0 Å². The summed E-state index contributed by atoms with van der Waals surface area (Å²) < 4.78 is 0. The first-order chi connectivity index (χ1) is 11.5. The van der Waals surface area contributed by atoms with Gasteiger partial charge in [0.1, 0.15) is 0 Å². The normalized spacial score (nSPS) is 11.6. The number of benzene rings is 2. The van der Waals surface area contributed by atoms with Crippen molar-refractivity contribution < 1.29 is 9.59 Å². The SMILES string of the molecule is CNCC(C)C(=O)Nc1cccc(NC(=O)c2ccccc2)c1C. The lowest BCUT2D eigenvalue weighted by molar-refractivity contribution is -0.119. The van der Waals surface area contributed by atoms with Crippen LogP contribution in [0.2, 0.25) is 0 Å². The second-order valence-electron chi connectivity index (χ2n) is 5.75. The minimum absolute atomic E-state index is 0.0565. The molecule has 1 unspecified atom stereocenters. The van der Waals surface area contributed by atoms with E-state index < -0.39 is 0 Å². The fraction of sp³-hybridized carbons (Fsp3) is 0.263. The van der Waals surface area contributed by atoms with Crippen LogP contribution >= 0.6 is 0 Å². The molecular formula is C19H23N3O2. The third kappa shape index (κ3) is 4.43. The fourth-order valence-electron chi connectivity index (χ4n) is 2.35. The van der Waals surface area contributed by atoms with Crippen molar-refractivity contribution in [1.29, 1.82) is 0 Å². The lowest BCUT2D eigenvalue weighted by atomic mass is 10.1. The van der Waals surface area contributed by atoms with Crippen molar-refractivity contribution >= 4 is 23.2 Å². The monoisotopic (exact) mass is 325 g/mol. The van der Waals surface area contributed by atoms with Gasteiger partial charge in [-0.05, 0) is 43.8 Å². The predicted molar refractivity (Wildman–Crippen MR) is 97.3 cm³/mol. The second-order valence-corrected chi connectivity index (χ2v) is 5.75. The van der Waals surface area contributed by atoms with E-state index in [1.807, 2.05) is 57.3 Å². The molecule has 0 heterocycles. The molecule has 2 aromatic rings. The van der Waals surface area contributed by atoms with Crippen LogP contribution in [0.4, 0.5) is 11.4 Å². The van der Waals surface area contributed by atoms with E-state index in [-0.39, 0.29) is 17.7 Å². The van der Waals surface area contributed by atoms with Gasteiger partial charge in [0.2, 0.25) is 5.91 Å². The maximum absolute atomic E-state index is 12.3. The van der Waals surface area contributed by atoms with E-state index in [1.165, 1.54) is 0 Å². The highest BCUT2D eigenvalue weighted by Gasteiger charge is 2.15. The molecule has 3 N–H and O–H groups in total. The van der Waals surface area contributed by atoms with Gasteiger partial charge in [0.25, 0.3) is 5.91 Å². The summed E-state index contributed by atoms with van der Waals surface area (Å²) in [5, 5.41) is 8.80. The van der Waals surface area contributed by atoms with Crippen LogP contribution in [0.15, 0.2) is 48.5 Å². The van der Waals surface area contributed by atoms with Gasteiger partial charge in [0.15, 0.2) is 0 Å². The smallest absolute Gasteiger partial charge is 0.255 e. The Hall–Kier alpha value is -2.66. The number of carbonyl (C=O) groups excluding carboxylic acids is 2. The molecule has 2 aromatic carbocycles. The molecule has 0 spiro atoms. The molecule has 1 atom stereocenters. The molecule has 0 aliphatic rings. The zero-order valence-corrected chi connectivity index (χ0v) is 14.2. The molecule has 0 saturated heterocycles. The average molecular weight is 325 g/mol. The summed E-state index contributed by atoms with van der Waals surface area (Å²) in [6.07, 6.45) is 0. The van der Waals surface area contributed by atoms with E-state index in [1.54, 1.807) is 12.1 Å². The Balaban J connectivity index is 2.13. The quantitative estimate of drug-likeness (QED) is 0.764. The number of hydrogen-bond donors (Lipinski definition) is 3. The molecule has 0 fully saturated rings. The van der Waals surface area contributed by atoms with Crippen LogP contribution in [0, 0.1) is 12.8 Å². The zero-order valence-electron chi connectivity index (χ0n) is 14.2. The van der Waals surface area contributed by atoms with E-state index in [9.17, 15) is 9.59 Å². The second kappa shape index (κ2) is 8.26. The highest BCUT2D eigenvalue weighted by Crippen LogP contribution is 2.24. The van der Waals surface area contributed by atoms with Crippen LogP contribution in [0.25, 0.3) is 0 Å². The van der Waals surface area contributed by atoms with Crippen LogP contribution in [0.5, 0.6) is 0 Å². The highest BCUT2D eigenvalue weighted by molar-refractivity contribution is 6.05. The summed E-state index contributed by atoms with van der Waals surface area (Å²) in [6.45, 7) is 4.34. The Morgan fingerprint density at radius 2 is 1.58 bits per heavy atom. The molecule has 0 bridgehead atoms. The van der Waals surface area contributed by atoms with E-state index in [2.05, 4.69) is 16.0 Å². The number of carbonyl (C=O) groups is 2. The molecule has 2 rings (SSSR count). The number of amides is 2. The van der Waals surface area contributed by atoms with Crippen LogP contribution < -0.4 is 16.0 Å². The Labute approximate surface area is 142 Å². The van der Waals surface area contributed by atoms with Gasteiger partial charge in [-0.3, -0.25) is 9.59 Å². The van der Waals surface area contributed by atoms with Crippen LogP contribution in [0.3, 0.4) is 0 Å². The number of hydrogen-bond acceptors (Lipinski definition) is 3. The summed E-state index contributed by atoms with van der Waals surface area (Å²) in [5.41, 5.74) is 2.80. The molecule has 0 radical (unpaired) electrons. The first-order valence-electron chi connectivity index (χ1n) is 7.94. The molecule has 0 aliphatic carbocycles. The van der Waals surface area contributed by atoms with Gasteiger partial charge in [-0.2, -0.15) is 0 Å². The molecule has 2 amide bonds. The molecule has 0 aliphatic heterocycles. The van der Waals surface area contributed by atoms with Gasteiger partial charge in [-0.15, -0.1) is 0 Å². The first kappa shape index (κ1) is 17.7. The highest BCUT2D eigenvalue weighted by atomic mass is 16.2. The van der Waals surface area contributed by atoms with Crippen LogP contribution in [-0.2, 0) is 4.79 Å². The van der Waals surface area contributed by atoms with Crippen molar-refractivity contribution in [2.75, 3.05) is 24.2 Å². The van der Waals surface area contributed by atoms with E-state index in [0.717, 1.165) is 5.56 Å². The maximum Gasteiger partial charge on any atom is 0.255 e. The van der Waals surface area contributed by atoms with Gasteiger partial charge < -0.3 is 16.0 Å². The third-order valence-electron chi connectivity index (χ3n) is 3.83. The number of nitrogens with one attached hydrogen (secondary N) is 3. The largest absolute Gasteiger partial charge is 0.325 e. The van der Waals surface area contributed by atoms with Gasteiger partial charge in [-0.1, -0.05) is 31.2 Å². The lowest BCUT2D eigenvalue weighted by Gasteiger charge is -2.16. The molecule has 126 valence electrons. The zero-order chi connectivity index (χ0) is 17.5. The van der Waals surface area contributed by atoms with E-state index in [4.69, 9.17) is 0 Å². The maximum atomic E-state index is 12.3. The fourth-order valence-corrected chi connectivity index (χ4v) is 2.35. The van der Waals surface area contributed by atoms with Crippen LogP contribution in [0.1, 0.15) is 22.8 Å². The molecule has 24 heavy (non-hydrogen) atoms. The summed E-state index contributed by atoms with van der Waals surface area (Å²) in [6, 6.07) is 14.5. The van der Waals surface area contributed by atoms with Gasteiger partial charge in [0, 0.05) is 29.4 Å². The minimum atomic E-state index is -0.175. The summed E-state index contributed by atoms with van der Waals surface area (Å²) in [7, 11) is 1.81. The Bertz CT molecular complexity index is 714. The molecule has 5 heteroatoms. The minimum Gasteiger partial charge on any atom is -0.325 e. The molecule has 0 aromatic heterocycles. The third-order valence-corrected chi connectivity index (χ3v) is 3.83. The molecular weight excluding hydrogens is 302 g/mol. The van der Waals surface area contributed by atoms with Crippen molar-refractivity contribution in [3.05, 3.63) is 59.7 Å². The van der Waals surface area contributed by atoms with Gasteiger partial charge in [-0.25, -0.2) is 0 Å². The first-order valence-corrected chi connectivity index (χ1v) is 7.94. The van der Waals surface area contributed by atoms with E-state index >= 15 is 0 Å². The summed E-state index contributed by atoms with van der Waals surface area (Å²) in [4.78, 5) is 24.5. The standard InChI is InChI=1S/C19H23N3O2/c1-13(12-20-3)18(23)21-16-10-7-11-17(14(16)2)22-19(24)15-8-5-4-6-9-15/h4-11,13,20H,12H2,1-3H3,(H,21,23)(H,22,24). The topological polar surface area (TPSA) is 70.2 Å². The van der Waals surface area contributed by atoms with Crippen molar-refractivity contribution in [3.63, 3.8) is 0 Å². The van der Waals surface area contributed by atoms with Crippen molar-refractivity contribution in [2.24, 2.45) is 5.92 Å². The summed E-state index contributed by atoms with van der Waals surface area (Å²) in [5.74, 6) is -0.373. The predicted octanol–water partition coefficient (Wildman–Crippen LogP) is 3.04. The molecule has 5 nitrogen and oxygen atoms in total. The van der Waals surface area contributed by atoms with Crippen LogP contribution in [-0.4, -0.2) is 25.4 Å². The number of anilines is 2. The van der Waals surface area contributed by atoms with Gasteiger partial charge >= 0.3 is 0 Å². The average Bonchev–Trinajstić information content (AvgIpc) is 2.59. The van der Waals surface area contributed by atoms with Gasteiger partial charge in [0.05, 0.1) is 0 Å². The van der Waals surface area contributed by atoms with Crippen molar-refractivity contribution in [2.45, 2.75) is 13.8 Å². The van der Waals surface area contributed by atoms with E-state index in [0.29, 0.717) is 23.5 Å². The molecule has 0 saturated carbocycles. The Morgan fingerprint density at radius 1 is 0.958 bits per heavy atom. The lowest BCUT2D eigenvalue weighted by Crippen LogP contribution is -2.29. The van der Waals surface area contributed by atoms with Crippen molar-refractivity contribution in [1.82, 2.24) is 5.32 Å². The Morgan fingerprint density at radius 3 is 2.21 bits per heavy atom.